The van der Waals surface area contributed by atoms with Gasteiger partial charge in [-0.1, -0.05) is 25.1 Å². The SMILES string of the molecule is CCCCNC(=O)CSc1nnc(-c2ccco2)n1N. The van der Waals surface area contributed by atoms with Gasteiger partial charge in [-0.25, -0.2) is 4.68 Å². The van der Waals surface area contributed by atoms with Crippen LogP contribution in [-0.4, -0.2) is 33.1 Å². The highest BCUT2D eigenvalue weighted by Crippen LogP contribution is 2.21. The van der Waals surface area contributed by atoms with Gasteiger partial charge < -0.3 is 15.6 Å². The van der Waals surface area contributed by atoms with Gasteiger partial charge in [-0.15, -0.1) is 10.2 Å². The molecule has 3 N–H and O–H groups in total. The van der Waals surface area contributed by atoms with E-state index in [0.717, 1.165) is 12.8 Å². The Labute approximate surface area is 120 Å². The Hall–Kier alpha value is -1.96. The molecular formula is C12H17N5O2S. The van der Waals surface area contributed by atoms with Crippen LogP contribution >= 0.6 is 11.8 Å². The molecule has 8 heteroatoms. The van der Waals surface area contributed by atoms with Crippen molar-refractivity contribution in [2.24, 2.45) is 0 Å². The lowest BCUT2D eigenvalue weighted by atomic mass is 10.3. The van der Waals surface area contributed by atoms with E-state index in [1.807, 2.05) is 0 Å². The van der Waals surface area contributed by atoms with Gasteiger partial charge in [0.15, 0.2) is 5.76 Å². The first-order chi connectivity index (χ1) is 9.72. The Balaban J connectivity index is 1.89. The molecule has 0 aromatic carbocycles. The Kier molecular flexibility index (Phi) is 5.05. The highest BCUT2D eigenvalue weighted by molar-refractivity contribution is 7.99. The number of carbonyl (C=O) groups is 1. The molecule has 0 unspecified atom stereocenters. The van der Waals surface area contributed by atoms with Crippen LogP contribution in [0.5, 0.6) is 0 Å². The van der Waals surface area contributed by atoms with Crippen LogP contribution in [0, 0.1) is 0 Å². The second-order valence-corrected chi connectivity index (χ2v) is 5.09. The minimum absolute atomic E-state index is 0.0361. The van der Waals surface area contributed by atoms with Crippen molar-refractivity contribution in [2.75, 3.05) is 18.1 Å². The van der Waals surface area contributed by atoms with E-state index in [2.05, 4.69) is 22.4 Å². The van der Waals surface area contributed by atoms with E-state index in [9.17, 15) is 4.79 Å². The van der Waals surface area contributed by atoms with Gasteiger partial charge >= 0.3 is 0 Å². The third-order valence-corrected chi connectivity index (χ3v) is 3.53. The van der Waals surface area contributed by atoms with Crippen molar-refractivity contribution in [2.45, 2.75) is 24.9 Å². The van der Waals surface area contributed by atoms with Crippen LogP contribution in [-0.2, 0) is 4.79 Å². The number of rotatable bonds is 7. The number of nitrogens with zero attached hydrogens (tertiary/aromatic N) is 3. The summed E-state index contributed by atoms with van der Waals surface area (Å²) in [7, 11) is 0. The second-order valence-electron chi connectivity index (χ2n) is 4.15. The Morgan fingerprint density at radius 1 is 1.55 bits per heavy atom. The van der Waals surface area contributed by atoms with Gasteiger partial charge in [0.1, 0.15) is 0 Å². The van der Waals surface area contributed by atoms with Crippen molar-refractivity contribution in [1.29, 1.82) is 0 Å². The van der Waals surface area contributed by atoms with Crippen LogP contribution in [0.1, 0.15) is 19.8 Å². The van der Waals surface area contributed by atoms with Crippen LogP contribution in [0.25, 0.3) is 11.6 Å². The van der Waals surface area contributed by atoms with Crippen LogP contribution in [0.4, 0.5) is 0 Å². The molecule has 108 valence electrons. The smallest absolute Gasteiger partial charge is 0.230 e. The Morgan fingerprint density at radius 3 is 3.10 bits per heavy atom. The molecule has 2 rings (SSSR count). The Bertz CT molecular complexity index is 552. The number of nitrogens with one attached hydrogen (secondary N) is 1. The normalized spacial score (nSPS) is 10.7. The number of hydrogen-bond acceptors (Lipinski definition) is 6. The van der Waals surface area contributed by atoms with Gasteiger partial charge in [0, 0.05) is 6.54 Å². The molecule has 0 saturated carbocycles. The van der Waals surface area contributed by atoms with Crippen LogP contribution in [0.3, 0.4) is 0 Å². The zero-order valence-electron chi connectivity index (χ0n) is 11.2. The average Bonchev–Trinajstić information content (AvgIpc) is 3.06. The molecule has 1 amide bonds. The summed E-state index contributed by atoms with van der Waals surface area (Å²) in [5.41, 5.74) is 0. The molecule has 20 heavy (non-hydrogen) atoms. The summed E-state index contributed by atoms with van der Waals surface area (Å²) in [5, 5.41) is 11.2. The molecule has 0 aliphatic heterocycles. The van der Waals surface area contributed by atoms with Crippen LogP contribution < -0.4 is 11.2 Å². The molecule has 0 radical (unpaired) electrons. The summed E-state index contributed by atoms with van der Waals surface area (Å²) >= 11 is 1.24. The summed E-state index contributed by atoms with van der Waals surface area (Å²) < 4.78 is 6.54. The minimum Gasteiger partial charge on any atom is -0.461 e. The zero-order chi connectivity index (χ0) is 14.4. The lowest BCUT2D eigenvalue weighted by Crippen LogP contribution is -2.26. The quantitative estimate of drug-likeness (QED) is 0.453. The van der Waals surface area contributed by atoms with E-state index in [1.54, 1.807) is 12.1 Å². The second kappa shape index (κ2) is 6.99. The number of amides is 1. The summed E-state index contributed by atoms with van der Waals surface area (Å²) in [5.74, 6) is 7.08. The van der Waals surface area contributed by atoms with Gasteiger partial charge in [0.2, 0.25) is 16.9 Å². The molecule has 2 aromatic heterocycles. The summed E-state index contributed by atoms with van der Waals surface area (Å²) in [6.07, 6.45) is 3.57. The van der Waals surface area contributed by atoms with Gasteiger partial charge in [-0.05, 0) is 18.6 Å². The van der Waals surface area contributed by atoms with Crippen molar-refractivity contribution in [3.05, 3.63) is 18.4 Å². The number of nitrogens with two attached hydrogens (primary N) is 1. The van der Waals surface area contributed by atoms with Crippen molar-refractivity contribution < 1.29 is 9.21 Å². The molecule has 2 aromatic rings. The summed E-state index contributed by atoms with van der Waals surface area (Å²) in [6, 6.07) is 3.50. The molecule has 0 saturated heterocycles. The van der Waals surface area contributed by atoms with Gasteiger partial charge in [0.05, 0.1) is 12.0 Å². The standard InChI is InChI=1S/C12H17N5O2S/c1-2-3-6-14-10(18)8-20-12-16-15-11(17(12)13)9-5-4-7-19-9/h4-5,7H,2-3,6,8,13H2,1H3,(H,14,18). The molecule has 0 aliphatic rings. The fraction of sp³-hybridized carbons (Fsp3) is 0.417. The first-order valence-electron chi connectivity index (χ1n) is 6.36. The molecule has 0 spiro atoms. The van der Waals surface area contributed by atoms with Gasteiger partial charge in [0.25, 0.3) is 0 Å². The Morgan fingerprint density at radius 2 is 2.40 bits per heavy atom. The molecule has 0 atom stereocenters. The first kappa shape index (κ1) is 14.4. The predicted octanol–water partition coefficient (Wildman–Crippen LogP) is 1.26. The fourth-order valence-electron chi connectivity index (χ4n) is 1.54. The molecule has 0 aliphatic carbocycles. The maximum atomic E-state index is 11.6. The largest absolute Gasteiger partial charge is 0.461 e. The van der Waals surface area contributed by atoms with Crippen LogP contribution in [0.15, 0.2) is 28.0 Å². The maximum Gasteiger partial charge on any atom is 0.230 e. The van der Waals surface area contributed by atoms with Gasteiger partial charge in [-0.3, -0.25) is 4.79 Å². The monoisotopic (exact) mass is 295 g/mol. The van der Waals surface area contributed by atoms with E-state index < -0.39 is 0 Å². The van der Waals surface area contributed by atoms with E-state index in [4.69, 9.17) is 10.3 Å². The third kappa shape index (κ3) is 3.53. The lowest BCUT2D eigenvalue weighted by molar-refractivity contribution is -0.118. The number of hydrogen-bond donors (Lipinski definition) is 2. The predicted molar refractivity (Wildman–Crippen MR) is 76.5 cm³/mol. The number of nitrogen functional groups attached to an aromatic ring is 1. The van der Waals surface area contributed by atoms with E-state index in [1.165, 1.54) is 22.7 Å². The number of furan rings is 1. The molecule has 0 fully saturated rings. The fourth-order valence-corrected chi connectivity index (χ4v) is 2.22. The molecular weight excluding hydrogens is 278 g/mol. The summed E-state index contributed by atoms with van der Waals surface area (Å²) in [4.78, 5) is 11.6. The number of aromatic nitrogens is 3. The maximum absolute atomic E-state index is 11.6. The highest BCUT2D eigenvalue weighted by Gasteiger charge is 2.15. The third-order valence-electron chi connectivity index (χ3n) is 2.59. The summed E-state index contributed by atoms with van der Waals surface area (Å²) in [6.45, 7) is 2.77. The topological polar surface area (TPSA) is 99.0 Å². The number of carbonyl (C=O) groups excluding carboxylic acids is 1. The van der Waals surface area contributed by atoms with E-state index in [0.29, 0.717) is 23.3 Å². The molecule has 2 heterocycles. The van der Waals surface area contributed by atoms with Crippen LogP contribution in [0.2, 0.25) is 0 Å². The first-order valence-corrected chi connectivity index (χ1v) is 7.34. The zero-order valence-corrected chi connectivity index (χ0v) is 12.0. The lowest BCUT2D eigenvalue weighted by Gasteiger charge is -2.04. The van der Waals surface area contributed by atoms with Crippen molar-refractivity contribution >= 4 is 17.7 Å². The van der Waals surface area contributed by atoms with Gasteiger partial charge in [-0.2, -0.15) is 0 Å². The van der Waals surface area contributed by atoms with E-state index >= 15 is 0 Å². The minimum atomic E-state index is -0.0361. The number of unbranched alkanes of at least 4 members (excludes halogenated alkanes) is 1. The van der Waals surface area contributed by atoms with E-state index in [-0.39, 0.29) is 11.7 Å². The van der Waals surface area contributed by atoms with Crippen molar-refractivity contribution in [1.82, 2.24) is 20.2 Å². The number of thioether (sulfide) groups is 1. The van der Waals surface area contributed by atoms with Crippen molar-refractivity contribution in [3.8, 4) is 11.6 Å². The molecule has 0 bridgehead atoms. The average molecular weight is 295 g/mol. The molecule has 7 nitrogen and oxygen atoms in total. The highest BCUT2D eigenvalue weighted by atomic mass is 32.2. The van der Waals surface area contributed by atoms with Crippen molar-refractivity contribution in [3.63, 3.8) is 0 Å².